The van der Waals surface area contributed by atoms with Crippen molar-refractivity contribution in [1.29, 1.82) is 0 Å². The molecule has 1 atom stereocenters. The molecule has 0 bridgehead atoms. The standard InChI is InChI=1S/C16H31IO/c1-4-6-14(3)12-18-16(13-17)10-8-15(7-5-2)9-11-16/h14-15H,4-13H2,1-3H3. The van der Waals surface area contributed by atoms with Gasteiger partial charge in [0.1, 0.15) is 0 Å². The third kappa shape index (κ3) is 5.36. The van der Waals surface area contributed by atoms with Crippen LogP contribution in [0.1, 0.15) is 72.1 Å². The normalized spacial score (nSPS) is 30.3. The Bertz CT molecular complexity index is 209. The molecule has 1 fully saturated rings. The van der Waals surface area contributed by atoms with Gasteiger partial charge in [0.05, 0.1) is 5.60 Å². The Hall–Kier alpha value is 0.690. The fourth-order valence-electron chi connectivity index (χ4n) is 3.11. The number of hydrogen-bond acceptors (Lipinski definition) is 1. The van der Waals surface area contributed by atoms with Crippen molar-refractivity contribution in [2.75, 3.05) is 11.0 Å². The number of ether oxygens (including phenoxy) is 1. The van der Waals surface area contributed by atoms with Gasteiger partial charge in [0, 0.05) is 11.0 Å². The van der Waals surface area contributed by atoms with Crippen LogP contribution in [0.5, 0.6) is 0 Å². The van der Waals surface area contributed by atoms with E-state index in [1.54, 1.807) is 0 Å². The smallest absolute Gasteiger partial charge is 0.0771 e. The lowest BCUT2D eigenvalue weighted by Crippen LogP contribution is -2.40. The molecule has 0 amide bonds. The van der Waals surface area contributed by atoms with Gasteiger partial charge in [-0.1, -0.05) is 62.6 Å². The predicted molar refractivity (Wildman–Crippen MR) is 88.5 cm³/mol. The molecule has 0 aromatic rings. The molecule has 18 heavy (non-hydrogen) atoms. The fourth-order valence-corrected chi connectivity index (χ4v) is 4.10. The van der Waals surface area contributed by atoms with Crippen LogP contribution in [0.4, 0.5) is 0 Å². The fraction of sp³-hybridized carbons (Fsp3) is 1.00. The Morgan fingerprint density at radius 2 is 1.89 bits per heavy atom. The zero-order chi connectivity index (χ0) is 13.4. The van der Waals surface area contributed by atoms with Gasteiger partial charge in [-0.05, 0) is 43.9 Å². The molecular formula is C16H31IO. The molecule has 0 aromatic carbocycles. The summed E-state index contributed by atoms with van der Waals surface area (Å²) < 4.78 is 7.52. The van der Waals surface area contributed by atoms with E-state index < -0.39 is 0 Å². The summed E-state index contributed by atoms with van der Waals surface area (Å²) in [6.45, 7) is 7.87. The Balaban J connectivity index is 2.35. The molecule has 0 spiro atoms. The molecule has 0 radical (unpaired) electrons. The highest BCUT2D eigenvalue weighted by Crippen LogP contribution is 2.38. The van der Waals surface area contributed by atoms with Gasteiger partial charge in [-0.3, -0.25) is 0 Å². The van der Waals surface area contributed by atoms with E-state index in [0.717, 1.165) is 18.4 Å². The second-order valence-electron chi connectivity index (χ2n) is 6.25. The topological polar surface area (TPSA) is 9.23 Å². The van der Waals surface area contributed by atoms with E-state index in [1.165, 1.54) is 55.8 Å². The summed E-state index contributed by atoms with van der Waals surface area (Å²) in [4.78, 5) is 0. The lowest BCUT2D eigenvalue weighted by atomic mass is 9.78. The van der Waals surface area contributed by atoms with Gasteiger partial charge < -0.3 is 4.74 Å². The Morgan fingerprint density at radius 1 is 1.22 bits per heavy atom. The van der Waals surface area contributed by atoms with Gasteiger partial charge in [-0.25, -0.2) is 0 Å². The molecule has 1 rings (SSSR count). The number of hydrogen-bond donors (Lipinski definition) is 0. The highest BCUT2D eigenvalue weighted by molar-refractivity contribution is 14.1. The molecule has 0 N–H and O–H groups in total. The van der Waals surface area contributed by atoms with E-state index in [4.69, 9.17) is 4.74 Å². The summed E-state index contributed by atoms with van der Waals surface area (Å²) >= 11 is 2.53. The lowest BCUT2D eigenvalue weighted by Gasteiger charge is -2.39. The van der Waals surface area contributed by atoms with E-state index in [0.29, 0.717) is 0 Å². The number of alkyl halides is 1. The average molecular weight is 366 g/mol. The van der Waals surface area contributed by atoms with Gasteiger partial charge in [0.25, 0.3) is 0 Å². The second-order valence-corrected chi connectivity index (χ2v) is 7.02. The van der Waals surface area contributed by atoms with E-state index in [9.17, 15) is 0 Å². The molecule has 1 aliphatic carbocycles. The van der Waals surface area contributed by atoms with E-state index in [2.05, 4.69) is 43.4 Å². The highest BCUT2D eigenvalue weighted by Gasteiger charge is 2.35. The summed E-state index contributed by atoms with van der Waals surface area (Å²) in [5.41, 5.74) is 0.215. The summed E-state index contributed by atoms with van der Waals surface area (Å²) in [7, 11) is 0. The molecule has 2 heteroatoms. The maximum atomic E-state index is 6.35. The first kappa shape index (κ1) is 16.7. The van der Waals surface area contributed by atoms with Gasteiger partial charge in [0.2, 0.25) is 0 Å². The van der Waals surface area contributed by atoms with Crippen molar-refractivity contribution in [2.24, 2.45) is 11.8 Å². The second kappa shape index (κ2) is 8.78. The summed E-state index contributed by atoms with van der Waals surface area (Å²) in [5, 5.41) is 0. The highest BCUT2D eigenvalue weighted by atomic mass is 127. The predicted octanol–water partition coefficient (Wildman–Crippen LogP) is 5.60. The summed E-state index contributed by atoms with van der Waals surface area (Å²) in [6.07, 6.45) is 10.7. The van der Waals surface area contributed by atoms with Crippen molar-refractivity contribution in [3.05, 3.63) is 0 Å². The molecular weight excluding hydrogens is 335 g/mol. The molecule has 1 aliphatic rings. The van der Waals surface area contributed by atoms with E-state index in [1.807, 2.05) is 0 Å². The zero-order valence-electron chi connectivity index (χ0n) is 12.5. The average Bonchev–Trinajstić information content (AvgIpc) is 2.39. The van der Waals surface area contributed by atoms with Gasteiger partial charge in [-0.2, -0.15) is 0 Å². The maximum Gasteiger partial charge on any atom is 0.0771 e. The Labute approximate surface area is 128 Å². The first-order chi connectivity index (χ1) is 8.65. The minimum atomic E-state index is 0.215. The summed E-state index contributed by atoms with van der Waals surface area (Å²) in [5.74, 6) is 1.70. The summed E-state index contributed by atoms with van der Waals surface area (Å²) in [6, 6.07) is 0. The maximum absolute atomic E-state index is 6.35. The molecule has 108 valence electrons. The van der Waals surface area contributed by atoms with Crippen molar-refractivity contribution >= 4 is 22.6 Å². The molecule has 0 saturated heterocycles. The van der Waals surface area contributed by atoms with Gasteiger partial charge in [-0.15, -0.1) is 0 Å². The number of rotatable bonds is 8. The van der Waals surface area contributed by atoms with Crippen LogP contribution in [-0.2, 0) is 4.74 Å². The van der Waals surface area contributed by atoms with Crippen LogP contribution in [-0.4, -0.2) is 16.6 Å². The van der Waals surface area contributed by atoms with Crippen LogP contribution in [0.25, 0.3) is 0 Å². The Morgan fingerprint density at radius 3 is 2.39 bits per heavy atom. The minimum Gasteiger partial charge on any atom is -0.374 e. The molecule has 1 nitrogen and oxygen atoms in total. The zero-order valence-corrected chi connectivity index (χ0v) is 14.7. The number of halogens is 1. The lowest BCUT2D eigenvalue weighted by molar-refractivity contribution is -0.0717. The van der Waals surface area contributed by atoms with Crippen LogP contribution >= 0.6 is 22.6 Å². The first-order valence-corrected chi connectivity index (χ1v) is 9.38. The van der Waals surface area contributed by atoms with Crippen molar-refractivity contribution in [3.8, 4) is 0 Å². The van der Waals surface area contributed by atoms with Crippen molar-refractivity contribution in [1.82, 2.24) is 0 Å². The van der Waals surface area contributed by atoms with Crippen LogP contribution in [0.3, 0.4) is 0 Å². The van der Waals surface area contributed by atoms with Gasteiger partial charge in [0.15, 0.2) is 0 Å². The van der Waals surface area contributed by atoms with Crippen molar-refractivity contribution in [2.45, 2.75) is 77.7 Å². The Kier molecular flexibility index (Phi) is 8.17. The minimum absolute atomic E-state index is 0.215. The van der Waals surface area contributed by atoms with E-state index >= 15 is 0 Å². The van der Waals surface area contributed by atoms with Crippen molar-refractivity contribution < 1.29 is 4.74 Å². The van der Waals surface area contributed by atoms with Crippen LogP contribution in [0, 0.1) is 11.8 Å². The third-order valence-corrected chi connectivity index (χ3v) is 5.80. The van der Waals surface area contributed by atoms with Crippen LogP contribution in [0.2, 0.25) is 0 Å². The van der Waals surface area contributed by atoms with Gasteiger partial charge >= 0.3 is 0 Å². The molecule has 1 saturated carbocycles. The largest absolute Gasteiger partial charge is 0.374 e. The molecule has 0 heterocycles. The van der Waals surface area contributed by atoms with Crippen LogP contribution < -0.4 is 0 Å². The first-order valence-electron chi connectivity index (χ1n) is 7.85. The van der Waals surface area contributed by atoms with Crippen LogP contribution in [0.15, 0.2) is 0 Å². The van der Waals surface area contributed by atoms with Crippen molar-refractivity contribution in [3.63, 3.8) is 0 Å². The quantitative estimate of drug-likeness (QED) is 0.401. The third-order valence-electron chi connectivity index (χ3n) is 4.41. The van der Waals surface area contributed by atoms with E-state index in [-0.39, 0.29) is 5.60 Å². The molecule has 1 unspecified atom stereocenters. The molecule has 0 aromatic heterocycles. The molecule has 0 aliphatic heterocycles. The SMILES string of the molecule is CCCC(C)COC1(CI)CCC(CCC)CC1. The monoisotopic (exact) mass is 366 g/mol.